The number of Topliss-reactive ketones (excluding diaryl/α,β-unsaturated/α-hetero) is 1. The Hall–Kier alpha value is -1.61. The van der Waals surface area contributed by atoms with Crippen molar-refractivity contribution in [2.45, 2.75) is 26.7 Å². The van der Waals surface area contributed by atoms with Crippen molar-refractivity contribution in [3.8, 4) is 0 Å². The predicted octanol–water partition coefficient (Wildman–Crippen LogP) is 3.85. The number of thiocarbonyl (C=S) groups is 1. The molecule has 1 unspecified atom stereocenters. The molecule has 3 heteroatoms. The van der Waals surface area contributed by atoms with Gasteiger partial charge in [0.2, 0.25) is 0 Å². The molecule has 19 heavy (non-hydrogen) atoms. The highest BCUT2D eigenvalue weighted by molar-refractivity contribution is 7.80. The summed E-state index contributed by atoms with van der Waals surface area (Å²) in [6.45, 7) is 4.08. The summed E-state index contributed by atoms with van der Waals surface area (Å²) >= 11 is 5.42. The van der Waals surface area contributed by atoms with Gasteiger partial charge >= 0.3 is 0 Å². The quantitative estimate of drug-likeness (QED) is 0.763. The maximum absolute atomic E-state index is 12.4. The molecule has 3 rings (SSSR count). The monoisotopic (exact) mass is 269 g/mol. The van der Waals surface area contributed by atoms with Gasteiger partial charge in [-0.25, -0.2) is 0 Å². The lowest BCUT2D eigenvalue weighted by Gasteiger charge is -2.22. The summed E-state index contributed by atoms with van der Waals surface area (Å²) in [7, 11) is 0. The first kappa shape index (κ1) is 12.4. The average molecular weight is 269 g/mol. The number of rotatable bonds is 2. The lowest BCUT2D eigenvalue weighted by Crippen LogP contribution is -2.24. The molecule has 1 aromatic carbocycles. The Morgan fingerprint density at radius 1 is 1.37 bits per heavy atom. The van der Waals surface area contributed by atoms with E-state index in [1.165, 1.54) is 0 Å². The first-order valence-corrected chi connectivity index (χ1v) is 6.99. The van der Waals surface area contributed by atoms with E-state index in [0.29, 0.717) is 6.42 Å². The summed E-state index contributed by atoms with van der Waals surface area (Å²) in [6.07, 6.45) is 1.57. The van der Waals surface area contributed by atoms with Gasteiger partial charge in [-0.05, 0) is 19.8 Å². The van der Waals surface area contributed by atoms with E-state index >= 15 is 0 Å². The Labute approximate surface area is 118 Å². The van der Waals surface area contributed by atoms with E-state index < -0.39 is 0 Å². The molecule has 0 saturated heterocycles. The normalized spacial score (nSPS) is 21.1. The number of ketones is 1. The molecule has 2 aliphatic rings. The van der Waals surface area contributed by atoms with Crippen LogP contribution < -0.4 is 0 Å². The van der Waals surface area contributed by atoms with Crippen LogP contribution in [0, 0.1) is 5.92 Å². The molecule has 0 aromatic heterocycles. The smallest absolute Gasteiger partial charge is 0.191 e. The molecule has 0 bridgehead atoms. The summed E-state index contributed by atoms with van der Waals surface area (Å²) in [5.74, 6) is 0.280. The third kappa shape index (κ3) is 1.80. The van der Waals surface area contributed by atoms with Gasteiger partial charge in [0.05, 0.1) is 5.70 Å². The fourth-order valence-corrected chi connectivity index (χ4v) is 3.09. The lowest BCUT2D eigenvalue weighted by atomic mass is 9.87. The van der Waals surface area contributed by atoms with Crippen molar-refractivity contribution < 1.29 is 4.79 Å². The molecule has 0 N–H and O–H groups in total. The van der Waals surface area contributed by atoms with Crippen LogP contribution in [0.25, 0.3) is 5.70 Å². The number of hydrogen-bond acceptors (Lipinski definition) is 3. The minimum Gasteiger partial charge on any atom is -0.289 e. The van der Waals surface area contributed by atoms with Crippen LogP contribution in [0.3, 0.4) is 0 Å². The van der Waals surface area contributed by atoms with E-state index in [1.807, 2.05) is 31.2 Å². The highest BCUT2D eigenvalue weighted by atomic mass is 32.1. The summed E-state index contributed by atoms with van der Waals surface area (Å²) in [5, 5.41) is 0. The zero-order chi connectivity index (χ0) is 13.6. The third-order valence-electron chi connectivity index (χ3n) is 3.92. The number of fused-ring (bicyclic) bond motifs is 2. The van der Waals surface area contributed by atoms with Gasteiger partial charge in [0.25, 0.3) is 0 Å². The molecule has 0 spiro atoms. The molecule has 1 aromatic rings. The van der Waals surface area contributed by atoms with Gasteiger partial charge < -0.3 is 0 Å². The predicted molar refractivity (Wildman–Crippen MR) is 81.8 cm³/mol. The van der Waals surface area contributed by atoms with E-state index in [-0.39, 0.29) is 11.7 Å². The van der Waals surface area contributed by atoms with Crippen LogP contribution in [0.1, 0.15) is 42.6 Å². The fourth-order valence-electron chi connectivity index (χ4n) is 2.84. The standard InChI is InChI=1S/C16H15NOS/c1-3-14(19)12-8-13-15(17-9(12)2)10-6-4-5-7-11(10)16(13)18/h4-7,12H,3,8H2,1-2H3. The van der Waals surface area contributed by atoms with Crippen molar-refractivity contribution in [1.29, 1.82) is 0 Å². The first-order valence-electron chi connectivity index (χ1n) is 6.58. The number of allylic oxidation sites excluding steroid dienone is 1. The minimum absolute atomic E-state index is 0.130. The second-order valence-electron chi connectivity index (χ2n) is 5.03. The number of carbonyl (C=O) groups is 1. The van der Waals surface area contributed by atoms with Crippen LogP contribution >= 0.6 is 12.2 Å². The van der Waals surface area contributed by atoms with Crippen molar-refractivity contribution in [3.05, 3.63) is 41.0 Å². The van der Waals surface area contributed by atoms with Crippen LogP contribution in [-0.4, -0.2) is 16.4 Å². The third-order valence-corrected chi connectivity index (χ3v) is 4.50. The van der Waals surface area contributed by atoms with Gasteiger partial charge in [-0.1, -0.05) is 43.4 Å². The van der Waals surface area contributed by atoms with Crippen molar-refractivity contribution >= 4 is 34.3 Å². The molecule has 1 aliphatic heterocycles. The topological polar surface area (TPSA) is 29.4 Å². The van der Waals surface area contributed by atoms with Gasteiger partial charge in [-0.15, -0.1) is 0 Å². The highest BCUT2D eigenvalue weighted by Gasteiger charge is 2.35. The average Bonchev–Trinajstić information content (AvgIpc) is 2.71. The zero-order valence-electron chi connectivity index (χ0n) is 11.1. The maximum Gasteiger partial charge on any atom is 0.191 e. The van der Waals surface area contributed by atoms with Gasteiger partial charge in [0, 0.05) is 33.2 Å². The molecule has 1 aliphatic carbocycles. The SMILES string of the molecule is CCC(=S)C1CC2=C(N=C1C)c1ccccc1C2=O. The number of hydrogen-bond donors (Lipinski definition) is 0. The molecule has 1 heterocycles. The molecule has 1 atom stereocenters. The van der Waals surface area contributed by atoms with E-state index in [1.54, 1.807) is 0 Å². The number of carbonyl (C=O) groups excluding carboxylic acids is 1. The van der Waals surface area contributed by atoms with Gasteiger partial charge in [-0.3, -0.25) is 9.79 Å². The largest absolute Gasteiger partial charge is 0.289 e. The van der Waals surface area contributed by atoms with Gasteiger partial charge in [0.15, 0.2) is 5.78 Å². The van der Waals surface area contributed by atoms with Crippen molar-refractivity contribution in [2.75, 3.05) is 0 Å². The number of aliphatic imine (C=N–C) groups is 1. The summed E-state index contributed by atoms with van der Waals surface area (Å²) < 4.78 is 0. The Balaban J connectivity index is 2.07. The van der Waals surface area contributed by atoms with Crippen LogP contribution in [0.2, 0.25) is 0 Å². The highest BCUT2D eigenvalue weighted by Crippen LogP contribution is 2.40. The summed E-state index contributed by atoms with van der Waals surface area (Å²) in [4.78, 5) is 18.1. The van der Waals surface area contributed by atoms with Crippen molar-refractivity contribution in [3.63, 3.8) is 0 Å². The second-order valence-corrected chi connectivity index (χ2v) is 5.56. The van der Waals surface area contributed by atoms with E-state index in [0.717, 1.165) is 39.4 Å². The molecule has 0 amide bonds. The van der Waals surface area contributed by atoms with Crippen LogP contribution in [0.4, 0.5) is 0 Å². The Kier molecular flexibility index (Phi) is 2.94. The van der Waals surface area contributed by atoms with Crippen molar-refractivity contribution in [1.82, 2.24) is 0 Å². The number of benzene rings is 1. The Bertz CT molecular complexity index is 654. The van der Waals surface area contributed by atoms with Gasteiger partial charge in [0.1, 0.15) is 0 Å². The molecule has 96 valence electrons. The summed E-state index contributed by atoms with van der Waals surface area (Å²) in [6, 6.07) is 7.72. The Morgan fingerprint density at radius 3 is 2.74 bits per heavy atom. The summed E-state index contributed by atoms with van der Waals surface area (Å²) in [5.41, 5.74) is 4.51. The minimum atomic E-state index is 0.130. The lowest BCUT2D eigenvalue weighted by molar-refractivity contribution is 0.103. The van der Waals surface area contributed by atoms with Crippen LogP contribution in [0.15, 0.2) is 34.8 Å². The molecular weight excluding hydrogens is 254 g/mol. The van der Waals surface area contributed by atoms with Crippen LogP contribution in [0.5, 0.6) is 0 Å². The molecule has 0 saturated carbocycles. The Morgan fingerprint density at radius 2 is 2.05 bits per heavy atom. The van der Waals surface area contributed by atoms with E-state index in [4.69, 9.17) is 12.2 Å². The molecule has 0 fully saturated rings. The maximum atomic E-state index is 12.4. The van der Waals surface area contributed by atoms with E-state index in [9.17, 15) is 4.79 Å². The van der Waals surface area contributed by atoms with Crippen LogP contribution in [-0.2, 0) is 0 Å². The molecular formula is C16H15NOS. The second kappa shape index (κ2) is 4.49. The van der Waals surface area contributed by atoms with E-state index in [2.05, 4.69) is 11.9 Å². The first-order chi connectivity index (χ1) is 9.13. The van der Waals surface area contributed by atoms with Gasteiger partial charge in [-0.2, -0.15) is 0 Å². The zero-order valence-corrected chi connectivity index (χ0v) is 11.9. The number of nitrogens with zero attached hydrogens (tertiary/aromatic N) is 1. The van der Waals surface area contributed by atoms with Crippen molar-refractivity contribution in [2.24, 2.45) is 10.9 Å². The molecule has 2 nitrogen and oxygen atoms in total. The fraction of sp³-hybridized carbons (Fsp3) is 0.312. The molecule has 0 radical (unpaired) electrons.